The first-order valence-corrected chi connectivity index (χ1v) is 6.98. The minimum Gasteiger partial charge on any atom is -0.493 e. The van der Waals surface area contributed by atoms with E-state index in [0.717, 1.165) is 12.1 Å². The van der Waals surface area contributed by atoms with E-state index >= 15 is 0 Å². The van der Waals surface area contributed by atoms with Crippen LogP contribution in [0.5, 0.6) is 11.5 Å². The smallest absolute Gasteiger partial charge is 0.271 e. The molecule has 24 heavy (non-hydrogen) atoms. The van der Waals surface area contributed by atoms with Crippen LogP contribution in [0.1, 0.15) is 22.8 Å². The minimum atomic E-state index is -0.753. The van der Waals surface area contributed by atoms with Crippen molar-refractivity contribution in [2.24, 2.45) is 5.10 Å². The topological polar surface area (TPSA) is 59.9 Å². The zero-order valence-electron chi connectivity index (χ0n) is 13.4. The predicted octanol–water partition coefficient (Wildman–Crippen LogP) is 3.14. The van der Waals surface area contributed by atoms with Crippen LogP contribution in [0.25, 0.3) is 0 Å². The summed E-state index contributed by atoms with van der Waals surface area (Å²) in [4.78, 5) is 12.1. The first-order valence-electron chi connectivity index (χ1n) is 6.98. The van der Waals surface area contributed by atoms with Gasteiger partial charge in [-0.25, -0.2) is 14.2 Å². The maximum atomic E-state index is 13.7. The number of halogens is 2. The number of rotatable bonds is 5. The van der Waals surface area contributed by atoms with Gasteiger partial charge >= 0.3 is 0 Å². The lowest BCUT2D eigenvalue weighted by atomic mass is 10.1. The molecule has 0 aromatic heterocycles. The molecule has 0 heterocycles. The quantitative estimate of drug-likeness (QED) is 0.675. The number of carbonyl (C=O) groups excluding carboxylic acids is 1. The molecule has 0 bridgehead atoms. The molecule has 0 radical (unpaired) electrons. The summed E-state index contributed by atoms with van der Waals surface area (Å²) in [6.07, 6.45) is 0. The van der Waals surface area contributed by atoms with Crippen LogP contribution in [0.15, 0.2) is 41.5 Å². The molecular formula is C17H16F2N2O3. The molecule has 0 saturated heterocycles. The maximum absolute atomic E-state index is 13.7. The van der Waals surface area contributed by atoms with Gasteiger partial charge in [-0.1, -0.05) is 0 Å². The zero-order chi connectivity index (χ0) is 17.7. The van der Waals surface area contributed by atoms with Gasteiger partial charge in [-0.3, -0.25) is 4.79 Å². The average Bonchev–Trinajstić information content (AvgIpc) is 2.58. The van der Waals surface area contributed by atoms with Crippen LogP contribution in [0.4, 0.5) is 8.78 Å². The SMILES string of the molecule is COc1ccc(C(=O)N/N=C(/C)c2ccc(F)cc2F)cc1OC. The number of amides is 1. The maximum Gasteiger partial charge on any atom is 0.271 e. The van der Waals surface area contributed by atoms with Crippen LogP contribution in [0, 0.1) is 11.6 Å². The monoisotopic (exact) mass is 334 g/mol. The standard InChI is InChI=1S/C17H16F2N2O3/c1-10(13-6-5-12(18)9-14(13)19)20-21-17(22)11-4-7-15(23-2)16(8-11)24-3/h4-9H,1-3H3,(H,21,22)/b20-10-. The van der Waals surface area contributed by atoms with E-state index in [1.807, 2.05) is 0 Å². The highest BCUT2D eigenvalue weighted by Crippen LogP contribution is 2.27. The Balaban J connectivity index is 2.17. The molecule has 1 N–H and O–H groups in total. The fourth-order valence-electron chi connectivity index (χ4n) is 2.02. The normalized spacial score (nSPS) is 11.1. The lowest BCUT2D eigenvalue weighted by Gasteiger charge is -2.09. The molecule has 126 valence electrons. The molecule has 7 heteroatoms. The minimum absolute atomic E-state index is 0.101. The second kappa shape index (κ2) is 7.54. The molecule has 2 rings (SSSR count). The van der Waals surface area contributed by atoms with E-state index in [1.54, 1.807) is 12.1 Å². The molecule has 0 aliphatic rings. The van der Waals surface area contributed by atoms with E-state index in [0.29, 0.717) is 17.1 Å². The third kappa shape index (κ3) is 3.87. The van der Waals surface area contributed by atoms with Crippen LogP contribution >= 0.6 is 0 Å². The van der Waals surface area contributed by atoms with Crippen molar-refractivity contribution in [3.63, 3.8) is 0 Å². The number of benzene rings is 2. The van der Waals surface area contributed by atoms with Gasteiger partial charge in [-0.2, -0.15) is 5.10 Å². The summed E-state index contributed by atoms with van der Waals surface area (Å²) in [6.45, 7) is 1.51. The second-order valence-electron chi connectivity index (χ2n) is 4.83. The molecule has 5 nitrogen and oxygen atoms in total. The van der Waals surface area contributed by atoms with Crippen molar-refractivity contribution in [1.82, 2.24) is 5.43 Å². The highest BCUT2D eigenvalue weighted by atomic mass is 19.1. The van der Waals surface area contributed by atoms with Crippen molar-refractivity contribution in [3.8, 4) is 11.5 Å². The van der Waals surface area contributed by atoms with Crippen molar-refractivity contribution < 1.29 is 23.0 Å². The van der Waals surface area contributed by atoms with Crippen molar-refractivity contribution >= 4 is 11.6 Å². The molecule has 1 amide bonds. The molecule has 0 aliphatic carbocycles. The molecule has 0 fully saturated rings. The van der Waals surface area contributed by atoms with Crippen molar-refractivity contribution in [3.05, 3.63) is 59.2 Å². The number of ether oxygens (including phenoxy) is 2. The Morgan fingerprint density at radius 1 is 1.04 bits per heavy atom. The largest absolute Gasteiger partial charge is 0.493 e. The summed E-state index contributed by atoms with van der Waals surface area (Å²) in [5, 5.41) is 3.84. The first-order chi connectivity index (χ1) is 11.5. The summed E-state index contributed by atoms with van der Waals surface area (Å²) < 4.78 is 36.8. The van der Waals surface area contributed by atoms with Crippen LogP contribution in [-0.4, -0.2) is 25.8 Å². The number of hydrazone groups is 1. The average molecular weight is 334 g/mol. The molecule has 0 saturated carbocycles. The van der Waals surface area contributed by atoms with E-state index in [4.69, 9.17) is 9.47 Å². The van der Waals surface area contributed by atoms with Crippen LogP contribution in [-0.2, 0) is 0 Å². The van der Waals surface area contributed by atoms with Gasteiger partial charge in [0.1, 0.15) is 11.6 Å². The number of hydrogen-bond acceptors (Lipinski definition) is 4. The number of nitrogens with one attached hydrogen (secondary N) is 1. The lowest BCUT2D eigenvalue weighted by molar-refractivity contribution is 0.0954. The summed E-state index contributed by atoms with van der Waals surface area (Å²) in [5.41, 5.74) is 2.93. The van der Waals surface area contributed by atoms with Gasteiger partial charge in [0.25, 0.3) is 5.91 Å². The molecule has 0 atom stereocenters. The summed E-state index contributed by atoms with van der Waals surface area (Å²) in [5.74, 6) is -1.05. The highest BCUT2D eigenvalue weighted by molar-refractivity contribution is 6.01. The van der Waals surface area contributed by atoms with Crippen LogP contribution in [0.3, 0.4) is 0 Å². The molecule has 0 aliphatic heterocycles. The van der Waals surface area contributed by atoms with Crippen LogP contribution < -0.4 is 14.9 Å². The third-order valence-corrected chi connectivity index (χ3v) is 3.29. The Morgan fingerprint density at radius 3 is 2.38 bits per heavy atom. The predicted molar refractivity (Wildman–Crippen MR) is 85.6 cm³/mol. The van der Waals surface area contributed by atoms with Crippen molar-refractivity contribution in [2.75, 3.05) is 14.2 Å². The van der Waals surface area contributed by atoms with Gasteiger partial charge in [0.2, 0.25) is 0 Å². The summed E-state index contributed by atoms with van der Waals surface area (Å²) in [6, 6.07) is 7.76. The van der Waals surface area contributed by atoms with Gasteiger partial charge < -0.3 is 9.47 Å². The van der Waals surface area contributed by atoms with E-state index < -0.39 is 17.5 Å². The molecule has 0 spiro atoms. The lowest BCUT2D eigenvalue weighted by Crippen LogP contribution is -2.19. The van der Waals surface area contributed by atoms with Gasteiger partial charge in [-0.15, -0.1) is 0 Å². The van der Waals surface area contributed by atoms with Gasteiger partial charge in [0.05, 0.1) is 19.9 Å². The number of methoxy groups -OCH3 is 2. The van der Waals surface area contributed by atoms with E-state index in [1.165, 1.54) is 33.3 Å². The Bertz CT molecular complexity index is 791. The molecule has 2 aromatic carbocycles. The number of carbonyl (C=O) groups is 1. The third-order valence-electron chi connectivity index (χ3n) is 3.29. The zero-order valence-corrected chi connectivity index (χ0v) is 13.4. The Labute approximate surface area is 137 Å². The van der Waals surface area contributed by atoms with Crippen LogP contribution in [0.2, 0.25) is 0 Å². The highest BCUT2D eigenvalue weighted by Gasteiger charge is 2.11. The van der Waals surface area contributed by atoms with E-state index in [2.05, 4.69) is 10.5 Å². The summed E-state index contributed by atoms with van der Waals surface area (Å²) >= 11 is 0. The fraction of sp³-hybridized carbons (Fsp3) is 0.176. The van der Waals surface area contributed by atoms with Gasteiger partial charge in [0, 0.05) is 17.2 Å². The number of nitrogens with zero attached hydrogens (tertiary/aromatic N) is 1. The van der Waals surface area contributed by atoms with Crippen molar-refractivity contribution in [1.29, 1.82) is 0 Å². The molecule has 2 aromatic rings. The molecule has 0 unspecified atom stereocenters. The van der Waals surface area contributed by atoms with E-state index in [-0.39, 0.29) is 11.3 Å². The van der Waals surface area contributed by atoms with E-state index in [9.17, 15) is 13.6 Å². The first kappa shape index (κ1) is 17.4. The van der Waals surface area contributed by atoms with Gasteiger partial charge in [0.15, 0.2) is 11.5 Å². The Kier molecular flexibility index (Phi) is 5.47. The molecular weight excluding hydrogens is 318 g/mol. The summed E-state index contributed by atoms with van der Waals surface area (Å²) in [7, 11) is 2.95. The fourth-order valence-corrected chi connectivity index (χ4v) is 2.02. The van der Waals surface area contributed by atoms with Crippen molar-refractivity contribution in [2.45, 2.75) is 6.92 Å². The van der Waals surface area contributed by atoms with Gasteiger partial charge in [-0.05, 0) is 37.3 Å². The number of hydrogen-bond donors (Lipinski definition) is 1. The Hall–Kier alpha value is -2.96. The Morgan fingerprint density at radius 2 is 1.75 bits per heavy atom. The second-order valence-corrected chi connectivity index (χ2v) is 4.83.